The van der Waals surface area contributed by atoms with Gasteiger partial charge in [-0.1, -0.05) is 0 Å². The van der Waals surface area contributed by atoms with Gasteiger partial charge in [0.1, 0.15) is 22.2 Å². The van der Waals surface area contributed by atoms with Gasteiger partial charge in [-0.2, -0.15) is 0 Å². The lowest BCUT2D eigenvalue weighted by Crippen LogP contribution is -2.47. The summed E-state index contributed by atoms with van der Waals surface area (Å²) in [5.74, 6) is 0.251. The van der Waals surface area contributed by atoms with Gasteiger partial charge >= 0.3 is 0 Å². The molecule has 0 atom stereocenters. The Hall–Kier alpha value is -2.03. The topological polar surface area (TPSA) is 73.8 Å². The number of ether oxygens (including phenoxy) is 3. The fraction of sp³-hybridized carbons (Fsp3) is 0.526. The summed E-state index contributed by atoms with van der Waals surface area (Å²) in [7, 11) is 0. The van der Waals surface area contributed by atoms with Gasteiger partial charge in [0.25, 0.3) is 5.91 Å². The summed E-state index contributed by atoms with van der Waals surface area (Å²) in [6.07, 6.45) is 3.12. The van der Waals surface area contributed by atoms with Gasteiger partial charge in [0.15, 0.2) is 5.79 Å². The Balaban J connectivity index is 1.37. The SMILES string of the molecule is Cc1ccc(OCc2nc(C)c(C(=O)N3CCC4(CC3)OCCO4)s2)cn1. The third kappa shape index (κ3) is 3.97. The van der Waals surface area contributed by atoms with Gasteiger partial charge in [-0.05, 0) is 26.0 Å². The zero-order chi connectivity index (χ0) is 18.9. The summed E-state index contributed by atoms with van der Waals surface area (Å²) in [4.78, 5) is 24.2. The largest absolute Gasteiger partial charge is 0.485 e. The van der Waals surface area contributed by atoms with E-state index in [4.69, 9.17) is 14.2 Å². The smallest absolute Gasteiger partial charge is 0.265 e. The number of aryl methyl sites for hydroxylation is 2. The number of amides is 1. The molecular weight excluding hydrogens is 366 g/mol. The third-order valence-corrected chi connectivity index (χ3v) is 6.03. The zero-order valence-electron chi connectivity index (χ0n) is 15.6. The Bertz CT molecular complexity index is 805. The van der Waals surface area contributed by atoms with E-state index < -0.39 is 5.79 Å². The normalized spacial score (nSPS) is 18.8. The second kappa shape index (κ2) is 7.53. The maximum absolute atomic E-state index is 12.9. The molecule has 2 aliphatic heterocycles. The third-order valence-electron chi connectivity index (χ3n) is 4.91. The molecule has 144 valence electrons. The first-order valence-corrected chi connectivity index (χ1v) is 9.95. The molecule has 2 fully saturated rings. The maximum Gasteiger partial charge on any atom is 0.265 e. The number of carbonyl (C=O) groups excluding carboxylic acids is 1. The van der Waals surface area contributed by atoms with Crippen LogP contribution in [0.4, 0.5) is 0 Å². The zero-order valence-corrected chi connectivity index (χ0v) is 16.4. The summed E-state index contributed by atoms with van der Waals surface area (Å²) >= 11 is 1.40. The Kier molecular flexibility index (Phi) is 5.12. The molecule has 0 N–H and O–H groups in total. The number of carbonyl (C=O) groups is 1. The molecule has 27 heavy (non-hydrogen) atoms. The van der Waals surface area contributed by atoms with Gasteiger partial charge in [0.2, 0.25) is 0 Å². The van der Waals surface area contributed by atoms with Gasteiger partial charge in [-0.3, -0.25) is 9.78 Å². The number of thiazole rings is 1. The average molecular weight is 389 g/mol. The van der Waals surface area contributed by atoms with E-state index in [0.29, 0.717) is 56.4 Å². The van der Waals surface area contributed by atoms with Crippen LogP contribution in [0.2, 0.25) is 0 Å². The van der Waals surface area contributed by atoms with Crippen molar-refractivity contribution in [2.24, 2.45) is 0 Å². The molecule has 0 saturated carbocycles. The predicted molar refractivity (Wildman–Crippen MR) is 99.9 cm³/mol. The quantitative estimate of drug-likeness (QED) is 0.801. The molecule has 2 saturated heterocycles. The van der Waals surface area contributed by atoms with Crippen LogP contribution in [0.25, 0.3) is 0 Å². The number of rotatable bonds is 4. The summed E-state index contributed by atoms with van der Waals surface area (Å²) in [5.41, 5.74) is 1.69. The van der Waals surface area contributed by atoms with E-state index in [1.54, 1.807) is 6.20 Å². The molecule has 7 nitrogen and oxygen atoms in total. The number of hydrogen-bond acceptors (Lipinski definition) is 7. The lowest BCUT2D eigenvalue weighted by molar-refractivity contribution is -0.181. The molecule has 0 bridgehead atoms. The minimum absolute atomic E-state index is 0.0288. The molecule has 0 radical (unpaired) electrons. The fourth-order valence-corrected chi connectivity index (χ4v) is 4.32. The van der Waals surface area contributed by atoms with E-state index in [2.05, 4.69) is 9.97 Å². The molecule has 1 spiro atoms. The number of piperidine rings is 1. The standard InChI is InChI=1S/C19H23N3O4S/c1-13-3-4-15(11-20-13)24-12-16-21-14(2)17(27-16)18(23)22-7-5-19(6-8-22)25-9-10-26-19/h3-4,11H,5-10,12H2,1-2H3. The maximum atomic E-state index is 12.9. The van der Waals surface area contributed by atoms with Gasteiger partial charge < -0.3 is 19.1 Å². The molecule has 4 rings (SSSR count). The Labute approximate surface area is 162 Å². The molecule has 1 amide bonds. The van der Waals surface area contributed by atoms with E-state index in [-0.39, 0.29) is 5.91 Å². The van der Waals surface area contributed by atoms with Crippen molar-refractivity contribution in [1.29, 1.82) is 0 Å². The van der Waals surface area contributed by atoms with E-state index in [9.17, 15) is 4.79 Å². The first-order valence-electron chi connectivity index (χ1n) is 9.14. The predicted octanol–water partition coefficient (Wildman–Crippen LogP) is 2.71. The van der Waals surface area contributed by atoms with Gasteiger partial charge in [0, 0.05) is 31.6 Å². The van der Waals surface area contributed by atoms with Crippen LogP contribution in [0.5, 0.6) is 5.75 Å². The van der Waals surface area contributed by atoms with Crippen LogP contribution in [-0.2, 0) is 16.1 Å². The number of likely N-dealkylation sites (tertiary alicyclic amines) is 1. The van der Waals surface area contributed by atoms with Crippen LogP contribution in [0.1, 0.15) is 38.9 Å². The lowest BCUT2D eigenvalue weighted by atomic mass is 10.0. The first-order chi connectivity index (χ1) is 13.0. The van der Waals surface area contributed by atoms with Gasteiger partial charge in [0.05, 0.1) is 25.1 Å². The number of aromatic nitrogens is 2. The molecule has 0 aliphatic carbocycles. The van der Waals surface area contributed by atoms with Crippen LogP contribution in [-0.4, -0.2) is 52.9 Å². The van der Waals surface area contributed by atoms with Crippen LogP contribution in [0, 0.1) is 13.8 Å². The second-order valence-corrected chi connectivity index (χ2v) is 7.93. The van der Waals surface area contributed by atoms with Crippen molar-refractivity contribution in [3.05, 3.63) is 39.6 Å². The molecule has 2 aliphatic rings. The second-order valence-electron chi connectivity index (χ2n) is 6.85. The molecule has 0 unspecified atom stereocenters. The minimum atomic E-state index is -0.472. The summed E-state index contributed by atoms with van der Waals surface area (Å²) in [6.45, 7) is 6.68. The van der Waals surface area contributed by atoms with Gasteiger partial charge in [-0.15, -0.1) is 11.3 Å². The molecule has 8 heteroatoms. The molecule has 2 aromatic heterocycles. The van der Waals surface area contributed by atoms with Crippen molar-refractivity contribution < 1.29 is 19.0 Å². The monoisotopic (exact) mass is 389 g/mol. The Morgan fingerprint density at radius 1 is 1.26 bits per heavy atom. The average Bonchev–Trinajstić information content (AvgIpc) is 3.28. The number of hydrogen-bond donors (Lipinski definition) is 0. The minimum Gasteiger partial charge on any atom is -0.485 e. The van der Waals surface area contributed by atoms with Crippen LogP contribution >= 0.6 is 11.3 Å². The number of nitrogens with zero attached hydrogens (tertiary/aromatic N) is 3. The van der Waals surface area contributed by atoms with Crippen molar-refractivity contribution in [2.45, 2.75) is 39.1 Å². The van der Waals surface area contributed by atoms with Crippen LogP contribution in [0.3, 0.4) is 0 Å². The highest BCUT2D eigenvalue weighted by molar-refractivity contribution is 7.13. The summed E-state index contributed by atoms with van der Waals surface area (Å²) < 4.78 is 17.2. The van der Waals surface area contributed by atoms with Crippen molar-refractivity contribution in [3.8, 4) is 5.75 Å². The van der Waals surface area contributed by atoms with E-state index >= 15 is 0 Å². The van der Waals surface area contributed by atoms with Gasteiger partial charge in [-0.25, -0.2) is 4.98 Å². The Morgan fingerprint density at radius 3 is 2.67 bits per heavy atom. The first kappa shape index (κ1) is 18.3. The van der Waals surface area contributed by atoms with E-state index in [1.165, 1.54) is 11.3 Å². The van der Waals surface area contributed by atoms with E-state index in [1.807, 2.05) is 30.9 Å². The highest BCUT2D eigenvalue weighted by Crippen LogP contribution is 2.32. The molecular formula is C19H23N3O4S. The van der Waals surface area contributed by atoms with Crippen molar-refractivity contribution in [2.75, 3.05) is 26.3 Å². The number of pyridine rings is 1. The fourth-order valence-electron chi connectivity index (χ4n) is 3.38. The van der Waals surface area contributed by atoms with Crippen LogP contribution < -0.4 is 4.74 Å². The van der Waals surface area contributed by atoms with Crippen molar-refractivity contribution in [3.63, 3.8) is 0 Å². The van der Waals surface area contributed by atoms with Crippen molar-refractivity contribution in [1.82, 2.24) is 14.9 Å². The summed E-state index contributed by atoms with van der Waals surface area (Å²) in [5, 5.41) is 0.785. The molecule has 0 aromatic carbocycles. The summed E-state index contributed by atoms with van der Waals surface area (Å²) in [6, 6.07) is 3.78. The highest BCUT2D eigenvalue weighted by Gasteiger charge is 2.41. The Morgan fingerprint density at radius 2 is 2.00 bits per heavy atom. The molecule has 2 aromatic rings. The van der Waals surface area contributed by atoms with E-state index in [0.717, 1.165) is 16.4 Å². The van der Waals surface area contributed by atoms with Crippen LogP contribution in [0.15, 0.2) is 18.3 Å². The lowest BCUT2D eigenvalue weighted by Gasteiger charge is -2.37. The molecule has 4 heterocycles. The highest BCUT2D eigenvalue weighted by atomic mass is 32.1. The van der Waals surface area contributed by atoms with Crippen molar-refractivity contribution >= 4 is 17.2 Å².